The Kier molecular flexibility index (Phi) is 14.1. The maximum atomic E-state index is 8.58. The van der Waals surface area contributed by atoms with Crippen molar-refractivity contribution in [3.8, 4) is 11.1 Å². The zero-order valence-corrected chi connectivity index (χ0v) is 29.2. The highest BCUT2D eigenvalue weighted by molar-refractivity contribution is 14.1. The summed E-state index contributed by atoms with van der Waals surface area (Å²) in [4.78, 5) is 1.97. The van der Waals surface area contributed by atoms with Crippen LogP contribution in [0.2, 0.25) is 0 Å². The van der Waals surface area contributed by atoms with Gasteiger partial charge in [0.2, 0.25) is 0 Å². The molecule has 6 aromatic carbocycles. The summed E-state index contributed by atoms with van der Waals surface area (Å²) < 4.78 is 3.56. The molecule has 0 atom stereocenters. The molecule has 0 radical (unpaired) electrons. The Morgan fingerprint density at radius 1 is 0.550 bits per heavy atom. The van der Waals surface area contributed by atoms with E-state index in [2.05, 4.69) is 174 Å². The fraction of sp³-hybridized carbons (Fsp3) is 0.0303. The molecule has 0 saturated carbocycles. The minimum Gasteiger partial charge on any atom is -0.423 e. The number of rotatable bonds is 2. The van der Waals surface area contributed by atoms with Crippen molar-refractivity contribution in [3.63, 3.8) is 0 Å². The van der Waals surface area contributed by atoms with Gasteiger partial charge in [0.15, 0.2) is 0 Å². The summed E-state index contributed by atoms with van der Waals surface area (Å²) >= 11 is 11.5. The van der Waals surface area contributed by atoms with Crippen molar-refractivity contribution in [2.75, 3.05) is 4.93 Å². The van der Waals surface area contributed by atoms with Gasteiger partial charge in [-0.2, -0.15) is 0 Å². The maximum Gasteiger partial charge on any atom is 0.488 e. The molecule has 0 bridgehead atoms. The molecule has 0 aromatic heterocycles. The Hall–Kier alpha value is -1.76. The smallest absolute Gasteiger partial charge is 0.423 e. The van der Waals surface area contributed by atoms with E-state index in [1.807, 2.05) is 17.1 Å². The molecule has 2 N–H and O–H groups in total. The Bertz CT molecular complexity index is 1630. The number of alkyl halides is 1. The second-order valence-corrected chi connectivity index (χ2v) is 11.4. The molecular formula is C33H27BBr2I2O2. The third-order valence-electron chi connectivity index (χ3n) is 5.81. The van der Waals surface area contributed by atoms with E-state index in [0.717, 1.165) is 8.95 Å². The Morgan fingerprint density at radius 3 is 1.60 bits per heavy atom. The van der Waals surface area contributed by atoms with Crippen LogP contribution in [0.5, 0.6) is 0 Å². The van der Waals surface area contributed by atoms with E-state index < -0.39 is 7.12 Å². The van der Waals surface area contributed by atoms with Crippen molar-refractivity contribution >= 4 is 111 Å². The summed E-state index contributed by atoms with van der Waals surface area (Å²) in [5, 5.41) is 22.3. The number of benzene rings is 6. The van der Waals surface area contributed by atoms with E-state index in [4.69, 9.17) is 10.0 Å². The third kappa shape index (κ3) is 9.67. The highest BCUT2D eigenvalue weighted by Crippen LogP contribution is 2.30. The Labute approximate surface area is 280 Å². The molecule has 2 nitrogen and oxygen atoms in total. The predicted molar refractivity (Wildman–Crippen MR) is 198 cm³/mol. The van der Waals surface area contributed by atoms with Gasteiger partial charge in [-0.25, -0.2) is 0 Å². The van der Waals surface area contributed by atoms with Crippen molar-refractivity contribution in [3.05, 3.63) is 146 Å². The summed E-state index contributed by atoms with van der Waals surface area (Å²) in [6.07, 6.45) is 0. The molecule has 0 saturated heterocycles. The minimum absolute atomic E-state index is 0.525. The number of hydrogen-bond donors (Lipinski definition) is 2. The number of halogens is 4. The fourth-order valence-electron chi connectivity index (χ4n) is 3.96. The first kappa shape index (κ1) is 32.8. The molecule has 6 rings (SSSR count). The van der Waals surface area contributed by atoms with Crippen molar-refractivity contribution in [2.24, 2.45) is 0 Å². The lowest BCUT2D eigenvalue weighted by molar-refractivity contribution is 0.426. The van der Waals surface area contributed by atoms with E-state index in [9.17, 15) is 0 Å². The van der Waals surface area contributed by atoms with Crippen molar-refractivity contribution in [1.29, 1.82) is 0 Å². The summed E-state index contributed by atoms with van der Waals surface area (Å²) in [5.74, 6) is 0. The first-order valence-electron chi connectivity index (χ1n) is 12.3. The summed E-state index contributed by atoms with van der Waals surface area (Å²) in [7, 11) is -1.34. The first-order chi connectivity index (χ1) is 19.4. The second kappa shape index (κ2) is 17.3. The van der Waals surface area contributed by atoms with Crippen LogP contribution in [-0.4, -0.2) is 22.1 Å². The molecule has 0 aliphatic rings. The van der Waals surface area contributed by atoms with Crippen LogP contribution < -0.4 is 5.46 Å². The highest BCUT2D eigenvalue weighted by Gasteiger charge is 2.07. The van der Waals surface area contributed by atoms with Gasteiger partial charge in [0.05, 0.1) is 0 Å². The second-order valence-electron chi connectivity index (χ2n) is 8.43. The maximum absolute atomic E-state index is 8.58. The number of fused-ring (bicyclic) bond motifs is 2. The van der Waals surface area contributed by atoms with Gasteiger partial charge in [-0.3, -0.25) is 0 Å². The van der Waals surface area contributed by atoms with Crippen LogP contribution in [-0.2, 0) is 0 Å². The number of hydrogen-bond acceptors (Lipinski definition) is 2. The van der Waals surface area contributed by atoms with Crippen LogP contribution in [0.25, 0.3) is 32.7 Å². The molecule has 0 aliphatic carbocycles. The van der Waals surface area contributed by atoms with Gasteiger partial charge in [0.1, 0.15) is 0 Å². The third-order valence-corrected chi connectivity index (χ3v) is 7.74. The average Bonchev–Trinajstić information content (AvgIpc) is 2.99. The lowest BCUT2D eigenvalue weighted by atomic mass is 9.81. The molecule has 7 heteroatoms. The fourth-order valence-corrected chi connectivity index (χ4v) is 5.42. The van der Waals surface area contributed by atoms with E-state index in [0.29, 0.717) is 5.46 Å². The van der Waals surface area contributed by atoms with Gasteiger partial charge in [-0.1, -0.05) is 158 Å². The van der Waals surface area contributed by atoms with Gasteiger partial charge in [0.25, 0.3) is 0 Å². The SMILES string of the molecule is Brc1ccc2c(-c3ccccc3)cccc2c1.Brc1ccc2c(I)cccc2c1.CI.OB(O)c1ccccc1. The molecule has 6 aromatic rings. The molecule has 202 valence electrons. The van der Waals surface area contributed by atoms with Gasteiger partial charge in [-0.05, 0) is 96.0 Å². The molecule has 40 heavy (non-hydrogen) atoms. The van der Waals surface area contributed by atoms with E-state index >= 15 is 0 Å². The average molecular weight is 880 g/mol. The molecule has 0 amide bonds. The van der Waals surface area contributed by atoms with Crippen LogP contribution in [0.4, 0.5) is 0 Å². The van der Waals surface area contributed by atoms with E-state index in [1.165, 1.54) is 36.2 Å². The van der Waals surface area contributed by atoms with Crippen molar-refractivity contribution in [1.82, 2.24) is 0 Å². The topological polar surface area (TPSA) is 40.5 Å². The standard InChI is InChI=1S/C16H11Br.C10H6BrI.C6H7BO2.CH3I/c17-14-9-10-16-13(11-14)7-4-8-15(16)12-5-2-1-3-6-12;11-8-4-5-9-7(6-8)2-1-3-10(9)12;8-7(9)6-4-2-1-3-5-6;1-2/h1-11H;1-6H;1-5,8-9H;1H3. The lowest BCUT2D eigenvalue weighted by Crippen LogP contribution is -2.29. The van der Waals surface area contributed by atoms with Crippen LogP contribution >= 0.6 is 77.0 Å². The van der Waals surface area contributed by atoms with Crippen LogP contribution in [0.15, 0.2) is 142 Å². The molecule has 0 spiro atoms. The molecule has 0 unspecified atom stereocenters. The molecule has 0 aliphatic heterocycles. The van der Waals surface area contributed by atoms with Gasteiger partial charge >= 0.3 is 7.12 Å². The Morgan fingerprint density at radius 2 is 1.05 bits per heavy atom. The summed E-state index contributed by atoms with van der Waals surface area (Å²) in [6.45, 7) is 0. The van der Waals surface area contributed by atoms with Crippen LogP contribution in [0.3, 0.4) is 0 Å². The molecule has 0 heterocycles. The highest BCUT2D eigenvalue weighted by atomic mass is 127. The minimum atomic E-state index is -1.34. The van der Waals surface area contributed by atoms with Gasteiger partial charge in [-0.15, -0.1) is 0 Å². The lowest BCUT2D eigenvalue weighted by Gasteiger charge is -2.07. The summed E-state index contributed by atoms with van der Waals surface area (Å²) in [6, 6.07) is 44.7. The Balaban J connectivity index is 0.000000169. The van der Waals surface area contributed by atoms with E-state index in [1.54, 1.807) is 24.3 Å². The largest absolute Gasteiger partial charge is 0.488 e. The van der Waals surface area contributed by atoms with E-state index in [-0.39, 0.29) is 0 Å². The van der Waals surface area contributed by atoms with Gasteiger partial charge < -0.3 is 10.0 Å². The molecule has 0 fully saturated rings. The van der Waals surface area contributed by atoms with Crippen molar-refractivity contribution in [2.45, 2.75) is 0 Å². The van der Waals surface area contributed by atoms with Crippen molar-refractivity contribution < 1.29 is 10.0 Å². The molecular weight excluding hydrogens is 853 g/mol. The van der Waals surface area contributed by atoms with Crippen LogP contribution in [0.1, 0.15) is 0 Å². The predicted octanol–water partition coefficient (Wildman–Crippen LogP) is 9.89. The van der Waals surface area contributed by atoms with Gasteiger partial charge in [0, 0.05) is 12.5 Å². The zero-order valence-electron chi connectivity index (χ0n) is 21.7. The quantitative estimate of drug-likeness (QED) is 0.103. The van der Waals surface area contributed by atoms with Crippen LogP contribution in [0, 0.1) is 3.57 Å². The monoisotopic (exact) mass is 878 g/mol. The zero-order chi connectivity index (χ0) is 28.9. The normalized spacial score (nSPS) is 9.88. The first-order valence-corrected chi connectivity index (χ1v) is 17.1. The summed E-state index contributed by atoms with van der Waals surface area (Å²) in [5.41, 5.74) is 3.08.